The zero-order valence-electron chi connectivity index (χ0n) is 5.89. The van der Waals surface area contributed by atoms with E-state index in [9.17, 15) is 0 Å². The van der Waals surface area contributed by atoms with Crippen molar-refractivity contribution >= 4 is 0 Å². The Bertz CT molecular complexity index is 79.1. The summed E-state index contributed by atoms with van der Waals surface area (Å²) >= 11 is 0. The van der Waals surface area contributed by atoms with Crippen molar-refractivity contribution in [2.24, 2.45) is 0 Å². The van der Waals surface area contributed by atoms with Crippen LogP contribution >= 0.6 is 0 Å². The molecular formula is C6H13NO2. The molecule has 1 fully saturated rings. The van der Waals surface area contributed by atoms with Crippen molar-refractivity contribution in [1.82, 2.24) is 5.32 Å². The van der Waals surface area contributed by atoms with Crippen LogP contribution in [0.2, 0.25) is 0 Å². The molecule has 3 heteroatoms. The van der Waals surface area contributed by atoms with Gasteiger partial charge in [-0.2, -0.15) is 0 Å². The molecule has 0 spiro atoms. The smallest absolute Gasteiger partial charge is 0.146 e. The van der Waals surface area contributed by atoms with E-state index in [2.05, 4.69) is 19.2 Å². The van der Waals surface area contributed by atoms with Gasteiger partial charge in [0.2, 0.25) is 0 Å². The van der Waals surface area contributed by atoms with E-state index in [0.29, 0.717) is 12.6 Å². The van der Waals surface area contributed by atoms with Crippen LogP contribution in [0.4, 0.5) is 0 Å². The minimum Gasteiger partial charge on any atom is -0.287 e. The van der Waals surface area contributed by atoms with Crippen LogP contribution < -0.4 is 5.32 Å². The third-order valence-corrected chi connectivity index (χ3v) is 1.17. The molecule has 0 aliphatic carbocycles. The lowest BCUT2D eigenvalue weighted by atomic mass is 10.3. The Kier molecular flexibility index (Phi) is 2.45. The van der Waals surface area contributed by atoms with E-state index in [1.165, 1.54) is 0 Å². The number of hydrogen-bond donors (Lipinski definition) is 1. The van der Waals surface area contributed by atoms with Crippen molar-refractivity contribution in [2.75, 3.05) is 6.61 Å². The van der Waals surface area contributed by atoms with Crippen LogP contribution in [0.25, 0.3) is 0 Å². The molecule has 0 amide bonds. The molecule has 0 saturated carbocycles. The number of rotatable bonds is 2. The predicted octanol–water partition coefficient (Wildman–Crippen LogP) is 0.662. The molecule has 9 heavy (non-hydrogen) atoms. The molecule has 1 unspecified atom stereocenters. The van der Waals surface area contributed by atoms with Gasteiger partial charge in [-0.05, 0) is 13.8 Å². The fraction of sp³-hybridized carbons (Fsp3) is 1.00. The molecule has 1 atom stereocenters. The Hall–Kier alpha value is -0.120. The normalized spacial score (nSPS) is 27.7. The minimum atomic E-state index is 0.116. The van der Waals surface area contributed by atoms with Gasteiger partial charge in [0.05, 0.1) is 6.61 Å². The van der Waals surface area contributed by atoms with Gasteiger partial charge in [-0.15, -0.1) is 0 Å². The van der Waals surface area contributed by atoms with Crippen LogP contribution in [-0.2, 0) is 9.78 Å². The van der Waals surface area contributed by atoms with Crippen LogP contribution in [-0.4, -0.2) is 18.9 Å². The molecule has 0 aromatic rings. The first-order chi connectivity index (χ1) is 4.29. The SMILES string of the molecule is CC(C)NC1CCOO1. The van der Waals surface area contributed by atoms with E-state index in [-0.39, 0.29) is 6.23 Å². The minimum absolute atomic E-state index is 0.116. The van der Waals surface area contributed by atoms with Gasteiger partial charge in [0.15, 0.2) is 0 Å². The molecule has 3 nitrogen and oxygen atoms in total. The number of hydrogen-bond acceptors (Lipinski definition) is 3. The first-order valence-electron chi connectivity index (χ1n) is 3.33. The van der Waals surface area contributed by atoms with E-state index < -0.39 is 0 Å². The highest BCUT2D eigenvalue weighted by Gasteiger charge is 2.16. The Labute approximate surface area is 55.3 Å². The zero-order chi connectivity index (χ0) is 6.69. The van der Waals surface area contributed by atoms with Gasteiger partial charge in [-0.3, -0.25) is 5.32 Å². The fourth-order valence-electron chi connectivity index (χ4n) is 0.816. The Morgan fingerprint density at radius 3 is 2.78 bits per heavy atom. The summed E-state index contributed by atoms with van der Waals surface area (Å²) in [5, 5.41) is 3.19. The highest BCUT2D eigenvalue weighted by molar-refractivity contribution is 4.60. The molecule has 1 N–H and O–H groups in total. The van der Waals surface area contributed by atoms with Crippen LogP contribution in [0.15, 0.2) is 0 Å². The maximum Gasteiger partial charge on any atom is 0.146 e. The second-order valence-corrected chi connectivity index (χ2v) is 2.52. The molecule has 54 valence electrons. The van der Waals surface area contributed by atoms with Gasteiger partial charge >= 0.3 is 0 Å². The largest absolute Gasteiger partial charge is 0.287 e. The molecule has 0 aromatic carbocycles. The van der Waals surface area contributed by atoms with Gasteiger partial charge in [0, 0.05) is 12.5 Å². The lowest BCUT2D eigenvalue weighted by molar-refractivity contribution is -0.280. The molecular weight excluding hydrogens is 118 g/mol. The maximum absolute atomic E-state index is 4.85. The van der Waals surface area contributed by atoms with Crippen molar-refractivity contribution in [1.29, 1.82) is 0 Å². The van der Waals surface area contributed by atoms with Crippen LogP contribution in [0.5, 0.6) is 0 Å². The first kappa shape index (κ1) is 6.99. The summed E-state index contributed by atoms with van der Waals surface area (Å²) in [7, 11) is 0. The van der Waals surface area contributed by atoms with E-state index in [0.717, 1.165) is 6.42 Å². The topological polar surface area (TPSA) is 30.5 Å². The molecule has 1 rings (SSSR count). The highest BCUT2D eigenvalue weighted by Crippen LogP contribution is 2.05. The fourth-order valence-corrected chi connectivity index (χ4v) is 0.816. The highest BCUT2D eigenvalue weighted by atomic mass is 17.2. The summed E-state index contributed by atoms with van der Waals surface area (Å²) in [5.41, 5.74) is 0. The lowest BCUT2D eigenvalue weighted by Crippen LogP contribution is -2.33. The molecule has 1 aliphatic heterocycles. The van der Waals surface area contributed by atoms with Crippen molar-refractivity contribution in [3.05, 3.63) is 0 Å². The molecule has 0 radical (unpaired) electrons. The van der Waals surface area contributed by atoms with E-state index in [1.807, 2.05) is 0 Å². The van der Waals surface area contributed by atoms with E-state index >= 15 is 0 Å². The van der Waals surface area contributed by atoms with Crippen molar-refractivity contribution in [2.45, 2.75) is 32.5 Å². The Morgan fingerprint density at radius 2 is 2.33 bits per heavy atom. The van der Waals surface area contributed by atoms with E-state index in [4.69, 9.17) is 9.78 Å². The predicted molar refractivity (Wildman–Crippen MR) is 33.7 cm³/mol. The van der Waals surface area contributed by atoms with Crippen molar-refractivity contribution < 1.29 is 9.78 Å². The second kappa shape index (κ2) is 3.15. The first-order valence-corrected chi connectivity index (χ1v) is 3.33. The summed E-state index contributed by atoms with van der Waals surface area (Å²) in [6.07, 6.45) is 1.07. The van der Waals surface area contributed by atoms with Gasteiger partial charge in [0.1, 0.15) is 6.23 Å². The van der Waals surface area contributed by atoms with Crippen LogP contribution in [0.1, 0.15) is 20.3 Å². The van der Waals surface area contributed by atoms with Gasteiger partial charge in [0.25, 0.3) is 0 Å². The average molecular weight is 131 g/mol. The summed E-state index contributed by atoms with van der Waals surface area (Å²) < 4.78 is 0. The van der Waals surface area contributed by atoms with Gasteiger partial charge in [-0.1, -0.05) is 0 Å². The van der Waals surface area contributed by atoms with Gasteiger partial charge in [-0.25, -0.2) is 9.78 Å². The molecule has 0 aromatic heterocycles. The van der Waals surface area contributed by atoms with Crippen LogP contribution in [0.3, 0.4) is 0 Å². The summed E-state index contributed by atoms with van der Waals surface area (Å²) in [5.74, 6) is 0. The summed E-state index contributed by atoms with van der Waals surface area (Å²) in [4.78, 5) is 9.55. The van der Waals surface area contributed by atoms with Crippen molar-refractivity contribution in [3.63, 3.8) is 0 Å². The monoisotopic (exact) mass is 131 g/mol. The third-order valence-electron chi connectivity index (χ3n) is 1.17. The van der Waals surface area contributed by atoms with Gasteiger partial charge < -0.3 is 0 Å². The number of nitrogens with one attached hydrogen (secondary N) is 1. The standard InChI is InChI=1S/C6H13NO2/c1-5(2)7-6-3-4-8-9-6/h5-7H,3-4H2,1-2H3. The van der Waals surface area contributed by atoms with E-state index in [1.54, 1.807) is 0 Å². The van der Waals surface area contributed by atoms with Crippen LogP contribution in [0, 0.1) is 0 Å². The van der Waals surface area contributed by atoms with Crippen molar-refractivity contribution in [3.8, 4) is 0 Å². The Morgan fingerprint density at radius 1 is 1.56 bits per heavy atom. The molecule has 0 bridgehead atoms. The Balaban J connectivity index is 2.11. The lowest BCUT2D eigenvalue weighted by Gasteiger charge is -2.11. The third kappa shape index (κ3) is 2.30. The second-order valence-electron chi connectivity index (χ2n) is 2.52. The average Bonchev–Trinajstić information content (AvgIpc) is 2.15. The quantitative estimate of drug-likeness (QED) is 0.558. The maximum atomic E-state index is 4.85. The molecule has 1 heterocycles. The molecule has 1 saturated heterocycles. The zero-order valence-corrected chi connectivity index (χ0v) is 5.89. The molecule has 1 aliphatic rings. The summed E-state index contributed by atoms with van der Waals surface area (Å²) in [6.45, 7) is 4.88. The summed E-state index contributed by atoms with van der Waals surface area (Å²) in [6, 6.07) is 0.469.